The van der Waals surface area contributed by atoms with Crippen molar-refractivity contribution < 1.29 is 22.7 Å². The predicted octanol–water partition coefficient (Wildman–Crippen LogP) is 1.35. The van der Waals surface area contributed by atoms with Crippen LogP contribution in [-0.2, 0) is 24.2 Å². The number of anilines is 1. The number of hydrogen-bond donors (Lipinski definition) is 1. The van der Waals surface area contributed by atoms with Crippen LogP contribution in [0.1, 0.15) is 17.9 Å². The van der Waals surface area contributed by atoms with Gasteiger partial charge in [0.1, 0.15) is 5.25 Å². The van der Waals surface area contributed by atoms with Gasteiger partial charge in [0.05, 0.1) is 13.5 Å². The van der Waals surface area contributed by atoms with Crippen LogP contribution < -0.4 is 5.32 Å². The van der Waals surface area contributed by atoms with E-state index in [0.29, 0.717) is 16.3 Å². The highest BCUT2D eigenvalue weighted by Crippen LogP contribution is 2.39. The molecule has 1 amide bonds. The topological polar surface area (TPSA) is 89.5 Å². The highest BCUT2D eigenvalue weighted by Gasteiger charge is 2.43. The molecule has 0 aromatic heterocycles. The van der Waals surface area contributed by atoms with E-state index in [-0.39, 0.29) is 6.42 Å². The van der Waals surface area contributed by atoms with Crippen molar-refractivity contribution >= 4 is 39.0 Å². The van der Waals surface area contributed by atoms with Crippen molar-refractivity contribution in [3.63, 3.8) is 0 Å². The fourth-order valence-corrected chi connectivity index (χ4v) is 3.94. The van der Waals surface area contributed by atoms with Gasteiger partial charge in [-0.2, -0.15) is 0 Å². The van der Waals surface area contributed by atoms with Crippen LogP contribution in [0, 0.1) is 0 Å². The molecule has 1 aliphatic rings. The quantitative estimate of drug-likeness (QED) is 0.844. The lowest BCUT2D eigenvalue weighted by molar-refractivity contribution is -0.141. The summed E-state index contributed by atoms with van der Waals surface area (Å²) in [5.41, 5.74) is 0.973. The number of nitrogens with one attached hydrogen (secondary N) is 1. The molecule has 1 aliphatic heterocycles. The summed E-state index contributed by atoms with van der Waals surface area (Å²) in [4.78, 5) is 23.7. The maximum absolute atomic E-state index is 12.1. The molecule has 0 spiro atoms. The highest BCUT2D eigenvalue weighted by molar-refractivity contribution is 7.92. The maximum atomic E-state index is 12.1. The smallest absolute Gasteiger partial charge is 0.306 e. The molecule has 1 N–H and O–H groups in total. The molecule has 0 saturated carbocycles. The summed E-state index contributed by atoms with van der Waals surface area (Å²) < 4.78 is 28.4. The van der Waals surface area contributed by atoms with Gasteiger partial charge in [-0.3, -0.25) is 9.59 Å². The third-order valence-electron chi connectivity index (χ3n) is 3.37. The van der Waals surface area contributed by atoms with E-state index in [1.165, 1.54) is 13.2 Å². The van der Waals surface area contributed by atoms with Crippen LogP contribution in [0.2, 0.25) is 5.02 Å². The molecule has 0 aliphatic carbocycles. The molecule has 6 nitrogen and oxygen atoms in total. The Morgan fingerprint density at radius 3 is 2.67 bits per heavy atom. The second kappa shape index (κ2) is 5.65. The van der Waals surface area contributed by atoms with Gasteiger partial charge in [-0.1, -0.05) is 17.7 Å². The lowest BCUT2D eigenvalue weighted by Crippen LogP contribution is -2.44. The molecule has 8 heteroatoms. The molecule has 0 saturated heterocycles. The lowest BCUT2D eigenvalue weighted by Gasteiger charge is -2.31. The minimum absolute atomic E-state index is 0.198. The van der Waals surface area contributed by atoms with E-state index in [1.807, 2.05) is 0 Å². The Bertz CT molecular complexity index is 701. The number of methoxy groups -OCH3 is 1. The van der Waals surface area contributed by atoms with Crippen LogP contribution in [0.25, 0.3) is 0 Å². The van der Waals surface area contributed by atoms with Gasteiger partial charge in [0.25, 0.3) is 0 Å². The Balaban J connectivity index is 2.56. The third-order valence-corrected chi connectivity index (χ3v) is 5.07. The summed E-state index contributed by atoms with van der Waals surface area (Å²) >= 11 is 5.87. The summed E-state index contributed by atoms with van der Waals surface area (Å²) in [6, 6.07) is 4.72. The van der Waals surface area contributed by atoms with Crippen molar-refractivity contribution in [1.82, 2.24) is 0 Å². The Kier molecular flexibility index (Phi) is 4.25. The van der Waals surface area contributed by atoms with E-state index < -0.39 is 32.9 Å². The van der Waals surface area contributed by atoms with Crippen molar-refractivity contribution in [3.8, 4) is 0 Å². The van der Waals surface area contributed by atoms with E-state index in [9.17, 15) is 18.0 Å². The minimum atomic E-state index is -3.68. The number of fused-ring (bicyclic) bond motifs is 1. The second-order valence-corrected chi connectivity index (χ2v) is 7.46. The average Bonchev–Trinajstić information content (AvgIpc) is 2.36. The first-order chi connectivity index (χ1) is 9.74. The fraction of sp³-hybridized carbons (Fsp3) is 0.385. The van der Waals surface area contributed by atoms with Crippen molar-refractivity contribution in [2.75, 3.05) is 18.7 Å². The average molecular weight is 332 g/mol. The van der Waals surface area contributed by atoms with E-state index in [4.69, 9.17) is 11.6 Å². The molecular weight excluding hydrogens is 318 g/mol. The number of sulfone groups is 1. The van der Waals surface area contributed by atoms with Crippen molar-refractivity contribution in [3.05, 3.63) is 28.8 Å². The zero-order valence-electron chi connectivity index (χ0n) is 11.4. The van der Waals surface area contributed by atoms with Crippen molar-refractivity contribution in [1.29, 1.82) is 0 Å². The molecule has 1 heterocycles. The van der Waals surface area contributed by atoms with Crippen LogP contribution in [0.3, 0.4) is 0 Å². The number of rotatable bonds is 3. The van der Waals surface area contributed by atoms with Gasteiger partial charge in [-0.15, -0.1) is 0 Å². The number of carbonyl (C=O) groups excluding carboxylic acids is 2. The molecule has 2 unspecified atom stereocenters. The Labute approximate surface area is 127 Å². The Hall–Kier alpha value is -1.60. The van der Waals surface area contributed by atoms with Crippen LogP contribution in [-0.4, -0.2) is 38.9 Å². The van der Waals surface area contributed by atoms with E-state index in [2.05, 4.69) is 10.1 Å². The SMILES string of the molecule is COC(=O)CC1c2ccc(Cl)cc2NC(=O)C1S(C)(=O)=O. The number of esters is 1. The van der Waals surface area contributed by atoms with Gasteiger partial charge in [-0.05, 0) is 17.7 Å². The predicted molar refractivity (Wildman–Crippen MR) is 78.1 cm³/mol. The normalized spacial score (nSPS) is 21.4. The summed E-state index contributed by atoms with van der Waals surface area (Å²) in [7, 11) is -2.47. The summed E-state index contributed by atoms with van der Waals surface area (Å²) in [5.74, 6) is -2.04. The van der Waals surface area contributed by atoms with E-state index in [0.717, 1.165) is 6.26 Å². The van der Waals surface area contributed by atoms with Crippen molar-refractivity contribution in [2.24, 2.45) is 0 Å². The number of carbonyl (C=O) groups is 2. The molecule has 21 heavy (non-hydrogen) atoms. The summed E-state index contributed by atoms with van der Waals surface area (Å²) in [5, 5.41) is 1.60. The van der Waals surface area contributed by atoms with E-state index >= 15 is 0 Å². The first-order valence-corrected chi connectivity index (χ1v) is 8.43. The molecule has 114 valence electrons. The number of benzene rings is 1. The molecule has 1 aromatic rings. The minimum Gasteiger partial charge on any atom is -0.469 e. The van der Waals surface area contributed by atoms with Gasteiger partial charge in [0, 0.05) is 22.9 Å². The zero-order valence-corrected chi connectivity index (χ0v) is 13.0. The number of ether oxygens (including phenoxy) is 1. The number of halogens is 1. The molecule has 1 aromatic carbocycles. The Morgan fingerprint density at radius 2 is 2.10 bits per heavy atom. The Morgan fingerprint density at radius 1 is 1.43 bits per heavy atom. The lowest BCUT2D eigenvalue weighted by atomic mass is 9.87. The standard InChI is InChI=1S/C13H14ClNO5S/c1-20-11(16)6-9-8-4-3-7(14)5-10(8)15-13(17)12(9)21(2,18)19/h3-5,9,12H,6H2,1-2H3,(H,15,17). The highest BCUT2D eigenvalue weighted by atomic mass is 35.5. The first-order valence-electron chi connectivity index (χ1n) is 6.10. The molecule has 2 atom stereocenters. The number of amides is 1. The molecule has 0 fully saturated rings. The molecule has 2 rings (SSSR count). The van der Waals surface area contributed by atoms with Gasteiger partial charge in [0.15, 0.2) is 9.84 Å². The number of hydrogen-bond acceptors (Lipinski definition) is 5. The van der Waals surface area contributed by atoms with Crippen LogP contribution in [0.5, 0.6) is 0 Å². The largest absolute Gasteiger partial charge is 0.469 e. The first kappa shape index (κ1) is 15.8. The maximum Gasteiger partial charge on any atom is 0.306 e. The third kappa shape index (κ3) is 3.19. The molecular formula is C13H14ClNO5S. The van der Waals surface area contributed by atoms with Crippen LogP contribution in [0.15, 0.2) is 18.2 Å². The van der Waals surface area contributed by atoms with Gasteiger partial charge in [-0.25, -0.2) is 8.42 Å². The zero-order chi connectivity index (χ0) is 15.8. The van der Waals surface area contributed by atoms with Gasteiger partial charge in [0.2, 0.25) is 5.91 Å². The monoisotopic (exact) mass is 331 g/mol. The van der Waals surface area contributed by atoms with Crippen molar-refractivity contribution in [2.45, 2.75) is 17.6 Å². The van der Waals surface area contributed by atoms with Gasteiger partial charge >= 0.3 is 5.97 Å². The molecule has 0 bridgehead atoms. The van der Waals surface area contributed by atoms with Gasteiger partial charge < -0.3 is 10.1 Å². The second-order valence-electron chi connectivity index (χ2n) is 4.86. The fourth-order valence-electron chi connectivity index (χ4n) is 2.48. The summed E-state index contributed by atoms with van der Waals surface area (Å²) in [6.45, 7) is 0. The summed E-state index contributed by atoms with van der Waals surface area (Å²) in [6.07, 6.45) is 0.777. The van der Waals surface area contributed by atoms with E-state index in [1.54, 1.807) is 12.1 Å². The van der Waals surface area contributed by atoms with Crippen LogP contribution >= 0.6 is 11.6 Å². The van der Waals surface area contributed by atoms with Crippen LogP contribution in [0.4, 0.5) is 5.69 Å². The molecule has 0 radical (unpaired) electrons.